The normalized spacial score (nSPS) is 9.93. The minimum atomic E-state index is -0.497. The quantitative estimate of drug-likeness (QED) is 0.631. The van der Waals surface area contributed by atoms with Crippen molar-refractivity contribution in [2.45, 2.75) is 6.42 Å². The van der Waals surface area contributed by atoms with Gasteiger partial charge in [-0.25, -0.2) is 9.78 Å². The number of nitrogens with one attached hydrogen (secondary N) is 1. The highest BCUT2D eigenvalue weighted by Gasteiger charge is 2.01. The van der Waals surface area contributed by atoms with Crippen LogP contribution in [0, 0.1) is 11.8 Å². The van der Waals surface area contributed by atoms with Gasteiger partial charge in [0.1, 0.15) is 0 Å². The van der Waals surface area contributed by atoms with Crippen molar-refractivity contribution in [2.75, 3.05) is 5.33 Å². The summed E-state index contributed by atoms with van der Waals surface area (Å²) in [5, 5.41) is 0.842. The smallest absolute Gasteiger partial charge is 0.406 e. The third-order valence-electron chi connectivity index (χ3n) is 1.73. The fourth-order valence-corrected chi connectivity index (χ4v) is 1.32. The number of rotatable bonds is 1. The number of hydrogen-bond acceptors (Lipinski definition) is 3. The summed E-state index contributed by atoms with van der Waals surface area (Å²) in [5.41, 5.74) is 1.63. The summed E-state index contributed by atoms with van der Waals surface area (Å²) in [4.78, 5) is 17.3. The monoisotopic (exact) mass is 266 g/mol. The molecular formula is C10H7BrN2O2. The summed E-state index contributed by atoms with van der Waals surface area (Å²) in [6.45, 7) is 0. The highest BCUT2D eigenvalue weighted by molar-refractivity contribution is 9.09. The summed E-state index contributed by atoms with van der Waals surface area (Å²) in [7, 11) is 0. The second-order valence-corrected chi connectivity index (χ2v) is 3.62. The number of aromatic nitrogens is 2. The van der Waals surface area contributed by atoms with E-state index in [-0.39, 0.29) is 0 Å². The number of hydrogen-bond donors (Lipinski definition) is 1. The highest BCUT2D eigenvalue weighted by atomic mass is 79.9. The number of fused-ring (bicyclic) bond motifs is 1. The zero-order valence-electron chi connectivity index (χ0n) is 7.71. The van der Waals surface area contributed by atoms with Crippen LogP contribution in [0.4, 0.5) is 0 Å². The molecular weight excluding hydrogens is 260 g/mol. The summed E-state index contributed by atoms with van der Waals surface area (Å²) in [6.07, 6.45) is 2.38. The van der Waals surface area contributed by atoms with Gasteiger partial charge in [0.2, 0.25) is 0 Å². The van der Waals surface area contributed by atoms with Crippen molar-refractivity contribution in [2.24, 2.45) is 0 Å². The van der Waals surface area contributed by atoms with Crippen molar-refractivity contribution >= 4 is 27.2 Å². The maximum Gasteiger partial charge on any atom is 0.418 e. The molecule has 0 saturated heterocycles. The van der Waals surface area contributed by atoms with Crippen molar-refractivity contribution in [1.82, 2.24) is 9.97 Å². The molecule has 76 valence electrons. The second-order valence-electron chi connectivity index (χ2n) is 2.83. The lowest BCUT2D eigenvalue weighted by Gasteiger charge is -1.88. The number of H-pyrrole nitrogens is 1. The molecule has 0 saturated carbocycles. The van der Waals surface area contributed by atoms with Gasteiger partial charge in [0, 0.05) is 29.6 Å². The number of pyridine rings is 1. The molecule has 2 heterocycles. The predicted molar refractivity (Wildman–Crippen MR) is 59.9 cm³/mol. The third kappa shape index (κ3) is 2.28. The third-order valence-corrected chi connectivity index (χ3v) is 2.12. The molecule has 0 aromatic carbocycles. The van der Waals surface area contributed by atoms with Crippen molar-refractivity contribution in [3.05, 3.63) is 28.4 Å². The number of aromatic amines is 1. The average Bonchev–Trinajstić information content (AvgIpc) is 2.57. The Morgan fingerprint density at radius 3 is 3.27 bits per heavy atom. The van der Waals surface area contributed by atoms with Crippen LogP contribution in [-0.2, 0) is 0 Å². The fraction of sp³-hybridized carbons (Fsp3) is 0.200. The molecule has 0 radical (unpaired) electrons. The Kier molecular flexibility index (Phi) is 2.88. The Bertz CT molecular complexity index is 588. The van der Waals surface area contributed by atoms with E-state index in [2.05, 4.69) is 37.7 Å². The predicted octanol–water partition coefficient (Wildman–Crippen LogP) is 1.65. The largest absolute Gasteiger partial charge is 0.418 e. The van der Waals surface area contributed by atoms with Crippen LogP contribution in [0.1, 0.15) is 12.0 Å². The van der Waals surface area contributed by atoms with Crippen LogP contribution >= 0.6 is 15.9 Å². The Morgan fingerprint density at radius 1 is 1.60 bits per heavy atom. The molecule has 2 aromatic heterocycles. The van der Waals surface area contributed by atoms with E-state index in [4.69, 9.17) is 4.42 Å². The highest BCUT2D eigenvalue weighted by Crippen LogP contribution is 2.07. The van der Waals surface area contributed by atoms with Crippen molar-refractivity contribution in [1.29, 1.82) is 0 Å². The molecule has 0 aliphatic heterocycles. The fourth-order valence-electron chi connectivity index (χ4n) is 1.12. The van der Waals surface area contributed by atoms with Crippen LogP contribution in [0.3, 0.4) is 0 Å². The van der Waals surface area contributed by atoms with Gasteiger partial charge in [-0.3, -0.25) is 4.98 Å². The first-order valence-corrected chi connectivity index (χ1v) is 5.45. The summed E-state index contributed by atoms with van der Waals surface area (Å²) in [5.74, 6) is 5.39. The molecule has 2 rings (SSSR count). The van der Waals surface area contributed by atoms with E-state index >= 15 is 0 Å². The van der Waals surface area contributed by atoms with Crippen LogP contribution < -0.4 is 5.76 Å². The van der Waals surface area contributed by atoms with Gasteiger partial charge in [0.15, 0.2) is 11.2 Å². The molecule has 0 spiro atoms. The molecule has 0 atom stereocenters. The minimum absolute atomic E-state index is 0.436. The van der Waals surface area contributed by atoms with Gasteiger partial charge in [-0.15, -0.1) is 0 Å². The SMILES string of the molecule is O=c1[nH]c2ncc(C#CCCBr)cc2o1. The molecule has 2 aromatic rings. The molecule has 0 bridgehead atoms. The average molecular weight is 267 g/mol. The van der Waals surface area contributed by atoms with Crippen molar-refractivity contribution in [3.8, 4) is 11.8 Å². The maximum absolute atomic E-state index is 10.9. The number of alkyl halides is 1. The second kappa shape index (κ2) is 4.32. The maximum atomic E-state index is 10.9. The zero-order valence-corrected chi connectivity index (χ0v) is 9.30. The summed E-state index contributed by atoms with van der Waals surface area (Å²) < 4.78 is 4.86. The van der Waals surface area contributed by atoms with Gasteiger partial charge in [-0.1, -0.05) is 27.8 Å². The number of oxazole rings is 1. The lowest BCUT2D eigenvalue weighted by Crippen LogP contribution is -1.93. The molecule has 4 nitrogen and oxygen atoms in total. The van der Waals surface area contributed by atoms with E-state index < -0.39 is 5.76 Å². The molecule has 15 heavy (non-hydrogen) atoms. The van der Waals surface area contributed by atoms with Crippen LogP contribution in [0.25, 0.3) is 11.2 Å². The molecule has 5 heteroatoms. The minimum Gasteiger partial charge on any atom is -0.406 e. The number of nitrogens with zero attached hydrogens (tertiary/aromatic N) is 1. The lowest BCUT2D eigenvalue weighted by molar-refractivity contribution is 0.555. The van der Waals surface area contributed by atoms with E-state index in [1.165, 1.54) is 0 Å². The molecule has 0 fully saturated rings. The van der Waals surface area contributed by atoms with Crippen molar-refractivity contribution in [3.63, 3.8) is 0 Å². The van der Waals surface area contributed by atoms with Gasteiger partial charge in [-0.05, 0) is 0 Å². The van der Waals surface area contributed by atoms with Gasteiger partial charge >= 0.3 is 5.76 Å². The Balaban J connectivity index is 2.39. The van der Waals surface area contributed by atoms with Crippen LogP contribution in [-0.4, -0.2) is 15.3 Å². The molecule has 0 aliphatic carbocycles. The standard InChI is InChI=1S/C10H7BrN2O2/c11-4-2-1-3-7-5-8-9(12-6-7)13-10(14)15-8/h5-6H,2,4H2,(H,12,13,14). The van der Waals surface area contributed by atoms with Crippen LogP contribution in [0.15, 0.2) is 21.5 Å². The summed E-state index contributed by atoms with van der Waals surface area (Å²) in [6, 6.07) is 1.70. The van der Waals surface area contributed by atoms with Crippen LogP contribution in [0.5, 0.6) is 0 Å². The van der Waals surface area contributed by atoms with Gasteiger partial charge < -0.3 is 4.42 Å². The Hall–Kier alpha value is -1.54. The first kappa shape index (κ1) is 9.99. The van der Waals surface area contributed by atoms with E-state index in [9.17, 15) is 4.79 Å². The lowest BCUT2D eigenvalue weighted by atomic mass is 10.3. The Labute approximate surface area is 93.8 Å². The number of halogens is 1. The first-order chi connectivity index (χ1) is 7.29. The molecule has 0 aliphatic rings. The Morgan fingerprint density at radius 2 is 2.47 bits per heavy atom. The van der Waals surface area contributed by atoms with E-state index in [0.717, 1.165) is 17.3 Å². The van der Waals surface area contributed by atoms with Gasteiger partial charge in [0.05, 0.1) is 0 Å². The van der Waals surface area contributed by atoms with E-state index in [1.54, 1.807) is 12.3 Å². The molecule has 1 N–H and O–H groups in total. The van der Waals surface area contributed by atoms with E-state index in [0.29, 0.717) is 11.2 Å². The molecule has 0 unspecified atom stereocenters. The topological polar surface area (TPSA) is 58.9 Å². The zero-order chi connectivity index (χ0) is 10.7. The molecule has 0 amide bonds. The van der Waals surface area contributed by atoms with E-state index in [1.807, 2.05) is 0 Å². The van der Waals surface area contributed by atoms with Gasteiger partial charge in [0.25, 0.3) is 0 Å². The van der Waals surface area contributed by atoms with Crippen molar-refractivity contribution < 1.29 is 4.42 Å². The first-order valence-electron chi connectivity index (χ1n) is 4.33. The summed E-state index contributed by atoms with van der Waals surface area (Å²) >= 11 is 3.28. The van der Waals surface area contributed by atoms with Gasteiger partial charge in [-0.2, -0.15) is 0 Å². The van der Waals surface area contributed by atoms with Crippen LogP contribution in [0.2, 0.25) is 0 Å².